The van der Waals surface area contributed by atoms with Crippen LogP contribution in [-0.2, 0) is 0 Å². The summed E-state index contributed by atoms with van der Waals surface area (Å²) < 4.78 is 0. The summed E-state index contributed by atoms with van der Waals surface area (Å²) in [6, 6.07) is 6.65. The van der Waals surface area contributed by atoms with Gasteiger partial charge in [0.25, 0.3) is 0 Å². The van der Waals surface area contributed by atoms with Gasteiger partial charge in [0.05, 0.1) is 12.1 Å². The van der Waals surface area contributed by atoms with Gasteiger partial charge in [0.1, 0.15) is 0 Å². The number of anilines is 1. The van der Waals surface area contributed by atoms with Gasteiger partial charge in [-0.2, -0.15) is 0 Å². The quantitative estimate of drug-likeness (QED) is 0.904. The maximum absolute atomic E-state index is 9.81. The number of likely N-dealkylation sites (N-methyl/N-ethyl adjacent to an activating group) is 1. The molecule has 1 aliphatic rings. The number of hydrogen-bond donors (Lipinski definition) is 1. The Morgan fingerprint density at radius 2 is 2.00 bits per heavy atom. The van der Waals surface area contributed by atoms with Crippen molar-refractivity contribution in [2.75, 3.05) is 38.7 Å². The Morgan fingerprint density at radius 3 is 2.58 bits per heavy atom. The zero-order valence-electron chi connectivity index (χ0n) is 12.6. The first kappa shape index (κ1) is 14.4. The van der Waals surface area contributed by atoms with Gasteiger partial charge >= 0.3 is 0 Å². The second kappa shape index (κ2) is 5.51. The fraction of sp³-hybridized carbons (Fsp3) is 0.625. The number of hydrogen-bond acceptors (Lipinski definition) is 3. The molecule has 0 radical (unpaired) electrons. The van der Waals surface area contributed by atoms with Gasteiger partial charge < -0.3 is 10.0 Å². The standard InChI is InChI=1S/C16H26N2O/c1-13-6-7-15(10-14(13)2)18-9-5-8-16(11-18,12-19)17(3)4/h6-7,10,19H,5,8-9,11-12H2,1-4H3. The molecule has 106 valence electrons. The summed E-state index contributed by atoms with van der Waals surface area (Å²) in [7, 11) is 4.14. The summed E-state index contributed by atoms with van der Waals surface area (Å²) in [5, 5.41) is 9.81. The van der Waals surface area contributed by atoms with Gasteiger partial charge in [-0.15, -0.1) is 0 Å². The van der Waals surface area contributed by atoms with Crippen molar-refractivity contribution in [2.45, 2.75) is 32.2 Å². The summed E-state index contributed by atoms with van der Waals surface area (Å²) in [5.74, 6) is 0. The average molecular weight is 262 g/mol. The highest BCUT2D eigenvalue weighted by Gasteiger charge is 2.37. The molecule has 19 heavy (non-hydrogen) atoms. The fourth-order valence-corrected chi connectivity index (χ4v) is 2.89. The van der Waals surface area contributed by atoms with Gasteiger partial charge in [0.15, 0.2) is 0 Å². The molecule has 1 saturated heterocycles. The first-order valence-electron chi connectivity index (χ1n) is 7.09. The molecule has 0 aliphatic carbocycles. The van der Waals surface area contributed by atoms with Crippen LogP contribution in [0.4, 0.5) is 5.69 Å². The van der Waals surface area contributed by atoms with Crippen LogP contribution >= 0.6 is 0 Å². The lowest BCUT2D eigenvalue weighted by molar-refractivity contribution is 0.0547. The van der Waals surface area contributed by atoms with E-state index < -0.39 is 0 Å². The van der Waals surface area contributed by atoms with Crippen LogP contribution in [0.2, 0.25) is 0 Å². The number of aliphatic hydroxyl groups is 1. The lowest BCUT2D eigenvalue weighted by Crippen LogP contribution is -2.58. The predicted molar refractivity (Wildman–Crippen MR) is 80.9 cm³/mol. The number of aliphatic hydroxyl groups excluding tert-OH is 1. The maximum atomic E-state index is 9.81. The number of piperidine rings is 1. The van der Waals surface area contributed by atoms with E-state index in [0.29, 0.717) is 0 Å². The molecule has 1 unspecified atom stereocenters. The Kier molecular flexibility index (Phi) is 4.16. The van der Waals surface area contributed by atoms with Crippen LogP contribution in [0.25, 0.3) is 0 Å². The first-order chi connectivity index (χ1) is 8.98. The predicted octanol–water partition coefficient (Wildman–Crippen LogP) is 2.20. The Labute approximate surface area is 116 Å². The summed E-state index contributed by atoms with van der Waals surface area (Å²) in [5.41, 5.74) is 3.85. The lowest BCUT2D eigenvalue weighted by atomic mass is 9.88. The normalized spacial score (nSPS) is 24.0. The molecular formula is C16H26N2O. The molecule has 0 spiro atoms. The van der Waals surface area contributed by atoms with E-state index in [4.69, 9.17) is 0 Å². The molecule has 3 heteroatoms. The van der Waals surface area contributed by atoms with Crippen molar-refractivity contribution >= 4 is 5.69 Å². The Morgan fingerprint density at radius 1 is 1.26 bits per heavy atom. The number of benzene rings is 1. The van der Waals surface area contributed by atoms with Gasteiger partial charge in [0, 0.05) is 18.8 Å². The lowest BCUT2D eigenvalue weighted by Gasteiger charge is -2.47. The van der Waals surface area contributed by atoms with Gasteiger partial charge in [0.2, 0.25) is 0 Å². The smallest absolute Gasteiger partial charge is 0.0632 e. The average Bonchev–Trinajstić information content (AvgIpc) is 2.41. The highest BCUT2D eigenvalue weighted by molar-refractivity contribution is 5.51. The number of rotatable bonds is 3. The number of aryl methyl sites for hydroxylation is 2. The summed E-state index contributed by atoms with van der Waals surface area (Å²) in [4.78, 5) is 4.59. The van der Waals surface area contributed by atoms with Gasteiger partial charge in [-0.3, -0.25) is 4.90 Å². The van der Waals surface area contributed by atoms with Gasteiger partial charge in [-0.05, 0) is 64.0 Å². The Balaban J connectivity index is 2.23. The third-order valence-corrected chi connectivity index (χ3v) is 4.65. The second-order valence-electron chi connectivity index (χ2n) is 6.07. The molecule has 0 amide bonds. The molecule has 1 aromatic carbocycles. The van der Waals surface area contributed by atoms with E-state index in [2.05, 4.69) is 55.9 Å². The monoisotopic (exact) mass is 262 g/mol. The molecule has 0 bridgehead atoms. The van der Waals surface area contributed by atoms with Crippen LogP contribution in [0.15, 0.2) is 18.2 Å². The second-order valence-corrected chi connectivity index (χ2v) is 6.07. The van der Waals surface area contributed by atoms with Crippen LogP contribution in [0.1, 0.15) is 24.0 Å². The van der Waals surface area contributed by atoms with Crippen LogP contribution in [0.3, 0.4) is 0 Å². The van der Waals surface area contributed by atoms with Gasteiger partial charge in [-0.1, -0.05) is 6.07 Å². The molecular weight excluding hydrogens is 236 g/mol. The third kappa shape index (κ3) is 2.77. The SMILES string of the molecule is Cc1ccc(N2CCCC(CO)(N(C)C)C2)cc1C. The van der Waals surface area contributed by atoms with E-state index in [-0.39, 0.29) is 12.1 Å². The van der Waals surface area contributed by atoms with E-state index in [1.54, 1.807) is 0 Å². The molecule has 2 rings (SSSR count). The van der Waals surface area contributed by atoms with E-state index in [9.17, 15) is 5.11 Å². The maximum Gasteiger partial charge on any atom is 0.0632 e. The van der Waals surface area contributed by atoms with Crippen molar-refractivity contribution in [1.82, 2.24) is 4.90 Å². The minimum absolute atomic E-state index is 0.100. The Bertz CT molecular complexity index is 444. The van der Waals surface area contributed by atoms with E-state index in [0.717, 1.165) is 25.9 Å². The van der Waals surface area contributed by atoms with Crippen LogP contribution in [0, 0.1) is 13.8 Å². The molecule has 0 aromatic heterocycles. The molecule has 1 atom stereocenters. The van der Waals surface area contributed by atoms with Crippen molar-refractivity contribution in [3.63, 3.8) is 0 Å². The molecule has 1 N–H and O–H groups in total. The van der Waals surface area contributed by atoms with E-state index in [1.165, 1.54) is 16.8 Å². The zero-order chi connectivity index (χ0) is 14.0. The highest BCUT2D eigenvalue weighted by atomic mass is 16.3. The minimum Gasteiger partial charge on any atom is -0.394 e. The molecule has 1 aromatic rings. The van der Waals surface area contributed by atoms with E-state index in [1.807, 2.05) is 0 Å². The molecule has 3 nitrogen and oxygen atoms in total. The van der Waals surface area contributed by atoms with Crippen molar-refractivity contribution in [3.8, 4) is 0 Å². The summed E-state index contributed by atoms with van der Waals surface area (Å²) in [6.07, 6.45) is 2.20. The van der Waals surface area contributed by atoms with Crippen LogP contribution in [-0.4, -0.2) is 49.3 Å². The van der Waals surface area contributed by atoms with Crippen molar-refractivity contribution in [1.29, 1.82) is 0 Å². The van der Waals surface area contributed by atoms with Crippen molar-refractivity contribution in [2.24, 2.45) is 0 Å². The number of nitrogens with zero attached hydrogens (tertiary/aromatic N) is 2. The zero-order valence-corrected chi connectivity index (χ0v) is 12.6. The molecule has 0 saturated carbocycles. The molecule has 1 aliphatic heterocycles. The van der Waals surface area contributed by atoms with Crippen LogP contribution < -0.4 is 4.90 Å². The van der Waals surface area contributed by atoms with Crippen molar-refractivity contribution in [3.05, 3.63) is 29.3 Å². The topological polar surface area (TPSA) is 26.7 Å². The highest BCUT2D eigenvalue weighted by Crippen LogP contribution is 2.29. The Hall–Kier alpha value is -1.06. The summed E-state index contributed by atoms with van der Waals surface area (Å²) in [6.45, 7) is 6.51. The first-order valence-corrected chi connectivity index (χ1v) is 7.09. The van der Waals surface area contributed by atoms with E-state index >= 15 is 0 Å². The summed E-state index contributed by atoms with van der Waals surface area (Å²) >= 11 is 0. The minimum atomic E-state index is -0.100. The van der Waals surface area contributed by atoms with Crippen LogP contribution in [0.5, 0.6) is 0 Å². The molecule has 1 fully saturated rings. The molecule has 1 heterocycles. The van der Waals surface area contributed by atoms with Crippen molar-refractivity contribution < 1.29 is 5.11 Å². The fourth-order valence-electron chi connectivity index (χ4n) is 2.89. The van der Waals surface area contributed by atoms with Gasteiger partial charge in [-0.25, -0.2) is 0 Å². The third-order valence-electron chi connectivity index (χ3n) is 4.65. The largest absolute Gasteiger partial charge is 0.394 e.